The van der Waals surface area contributed by atoms with Crippen LogP contribution in [0.15, 0.2) is 12.4 Å². The highest BCUT2D eigenvalue weighted by Crippen LogP contribution is 2.28. The molecule has 1 aromatic heterocycles. The van der Waals surface area contributed by atoms with Crippen molar-refractivity contribution in [1.82, 2.24) is 9.78 Å². The molecular weight excluding hydrogens is 185 g/mol. The standard InChI is InChI=1S/C7H7F3N2O/c1-5(13)3-12-4-6(2-11-12)7(8,9)10/h2,4H,3H2,1H3. The molecule has 0 fully saturated rings. The molecule has 1 aromatic rings. The number of halogens is 3. The molecule has 0 atom stereocenters. The first kappa shape index (κ1) is 9.76. The van der Waals surface area contributed by atoms with E-state index >= 15 is 0 Å². The maximum absolute atomic E-state index is 12.0. The Morgan fingerprint density at radius 1 is 1.62 bits per heavy atom. The maximum atomic E-state index is 12.0. The summed E-state index contributed by atoms with van der Waals surface area (Å²) in [5.74, 6) is -0.239. The number of carbonyl (C=O) groups excluding carboxylic acids is 1. The van der Waals surface area contributed by atoms with E-state index in [0.29, 0.717) is 6.20 Å². The van der Waals surface area contributed by atoms with Crippen LogP contribution in [0, 0.1) is 0 Å². The average Bonchev–Trinajstić information content (AvgIpc) is 2.32. The minimum absolute atomic E-state index is 0.129. The fourth-order valence-electron chi connectivity index (χ4n) is 0.825. The lowest BCUT2D eigenvalue weighted by Crippen LogP contribution is -2.07. The van der Waals surface area contributed by atoms with E-state index in [4.69, 9.17) is 0 Å². The molecular formula is C7H7F3N2O. The van der Waals surface area contributed by atoms with Crippen molar-refractivity contribution in [2.24, 2.45) is 0 Å². The van der Waals surface area contributed by atoms with Gasteiger partial charge in [0, 0.05) is 6.20 Å². The summed E-state index contributed by atoms with van der Waals surface area (Å²) in [6.45, 7) is 1.16. The van der Waals surface area contributed by atoms with Crippen LogP contribution in [0.1, 0.15) is 12.5 Å². The van der Waals surface area contributed by atoms with Crippen LogP contribution in [0.2, 0.25) is 0 Å². The van der Waals surface area contributed by atoms with E-state index in [1.165, 1.54) is 6.92 Å². The number of nitrogens with zero attached hydrogens (tertiary/aromatic N) is 2. The second kappa shape index (κ2) is 3.20. The Morgan fingerprint density at radius 3 is 2.62 bits per heavy atom. The summed E-state index contributed by atoms with van der Waals surface area (Å²) in [5, 5.41) is 3.40. The molecule has 0 aliphatic rings. The van der Waals surface area contributed by atoms with Gasteiger partial charge in [0.15, 0.2) is 5.78 Å². The maximum Gasteiger partial charge on any atom is 0.419 e. The van der Waals surface area contributed by atoms with Gasteiger partial charge in [0.25, 0.3) is 0 Å². The lowest BCUT2D eigenvalue weighted by atomic mass is 10.3. The first-order valence-electron chi connectivity index (χ1n) is 3.48. The number of carbonyl (C=O) groups is 1. The van der Waals surface area contributed by atoms with Crippen molar-refractivity contribution in [1.29, 1.82) is 0 Å². The molecule has 0 radical (unpaired) electrons. The third kappa shape index (κ3) is 2.57. The SMILES string of the molecule is CC(=O)Cn1cc(C(F)(F)F)cn1. The van der Waals surface area contributed by atoms with Crippen LogP contribution < -0.4 is 0 Å². The van der Waals surface area contributed by atoms with Crippen molar-refractivity contribution in [3.8, 4) is 0 Å². The molecule has 0 aromatic carbocycles. The summed E-state index contributed by atoms with van der Waals surface area (Å²) in [6, 6.07) is 0. The Labute approximate surface area is 72.2 Å². The molecule has 72 valence electrons. The summed E-state index contributed by atoms with van der Waals surface area (Å²) >= 11 is 0. The van der Waals surface area contributed by atoms with Gasteiger partial charge in [0.2, 0.25) is 0 Å². The average molecular weight is 192 g/mol. The summed E-state index contributed by atoms with van der Waals surface area (Å²) < 4.78 is 37.0. The minimum atomic E-state index is -4.39. The zero-order chi connectivity index (χ0) is 10.1. The van der Waals surface area contributed by atoms with Gasteiger partial charge >= 0.3 is 6.18 Å². The Morgan fingerprint density at radius 2 is 2.23 bits per heavy atom. The second-order valence-electron chi connectivity index (χ2n) is 2.63. The van der Waals surface area contributed by atoms with Gasteiger partial charge in [0.05, 0.1) is 18.3 Å². The van der Waals surface area contributed by atoms with Crippen molar-refractivity contribution in [2.45, 2.75) is 19.6 Å². The van der Waals surface area contributed by atoms with E-state index in [9.17, 15) is 18.0 Å². The van der Waals surface area contributed by atoms with Gasteiger partial charge in [-0.1, -0.05) is 0 Å². The van der Waals surface area contributed by atoms with Crippen LogP contribution in [0.3, 0.4) is 0 Å². The predicted octanol–water partition coefficient (Wildman–Crippen LogP) is 1.49. The van der Waals surface area contributed by atoms with Gasteiger partial charge < -0.3 is 0 Å². The van der Waals surface area contributed by atoms with Crippen LogP contribution in [-0.2, 0) is 17.5 Å². The van der Waals surface area contributed by atoms with Gasteiger partial charge in [-0.25, -0.2) is 0 Å². The minimum Gasteiger partial charge on any atom is -0.298 e. The van der Waals surface area contributed by atoms with Gasteiger partial charge in [-0.05, 0) is 6.92 Å². The van der Waals surface area contributed by atoms with E-state index in [0.717, 1.165) is 10.9 Å². The molecule has 1 rings (SSSR count). The van der Waals surface area contributed by atoms with Gasteiger partial charge in [0.1, 0.15) is 0 Å². The number of aromatic nitrogens is 2. The fraction of sp³-hybridized carbons (Fsp3) is 0.429. The zero-order valence-electron chi connectivity index (χ0n) is 6.80. The zero-order valence-corrected chi connectivity index (χ0v) is 6.80. The lowest BCUT2D eigenvalue weighted by molar-refractivity contribution is -0.137. The van der Waals surface area contributed by atoms with Crippen molar-refractivity contribution in [3.63, 3.8) is 0 Å². The normalized spacial score (nSPS) is 11.7. The highest BCUT2D eigenvalue weighted by atomic mass is 19.4. The van der Waals surface area contributed by atoms with E-state index in [2.05, 4.69) is 5.10 Å². The number of hydrogen-bond donors (Lipinski definition) is 0. The van der Waals surface area contributed by atoms with Crippen LogP contribution in [-0.4, -0.2) is 15.6 Å². The fourth-order valence-corrected chi connectivity index (χ4v) is 0.825. The summed E-state index contributed by atoms with van der Waals surface area (Å²) in [7, 11) is 0. The highest BCUT2D eigenvalue weighted by Gasteiger charge is 2.32. The molecule has 0 spiro atoms. The van der Waals surface area contributed by atoms with Crippen LogP contribution in [0.4, 0.5) is 13.2 Å². The first-order chi connectivity index (χ1) is 5.89. The number of rotatable bonds is 2. The van der Waals surface area contributed by atoms with Crippen molar-refractivity contribution in [3.05, 3.63) is 18.0 Å². The van der Waals surface area contributed by atoms with Gasteiger partial charge in [-0.15, -0.1) is 0 Å². The molecule has 0 saturated heterocycles. The number of hydrogen-bond acceptors (Lipinski definition) is 2. The molecule has 3 nitrogen and oxygen atoms in total. The highest BCUT2D eigenvalue weighted by molar-refractivity contribution is 5.75. The van der Waals surface area contributed by atoms with Gasteiger partial charge in [-0.2, -0.15) is 18.3 Å². The third-order valence-corrected chi connectivity index (χ3v) is 1.35. The third-order valence-electron chi connectivity index (χ3n) is 1.35. The molecule has 0 saturated carbocycles. The topological polar surface area (TPSA) is 34.9 Å². The largest absolute Gasteiger partial charge is 0.419 e. The number of ketones is 1. The predicted molar refractivity (Wildman–Crippen MR) is 37.9 cm³/mol. The Kier molecular flexibility index (Phi) is 2.40. The molecule has 6 heteroatoms. The van der Waals surface area contributed by atoms with E-state index in [-0.39, 0.29) is 12.3 Å². The van der Waals surface area contributed by atoms with Crippen LogP contribution in [0.5, 0.6) is 0 Å². The van der Waals surface area contributed by atoms with E-state index < -0.39 is 11.7 Å². The quantitative estimate of drug-likeness (QED) is 0.711. The molecule has 1 heterocycles. The summed E-state index contributed by atoms with van der Waals surface area (Å²) in [6.07, 6.45) is -2.89. The van der Waals surface area contributed by atoms with Crippen LogP contribution in [0.25, 0.3) is 0 Å². The molecule has 0 unspecified atom stereocenters. The smallest absolute Gasteiger partial charge is 0.298 e. The summed E-state index contributed by atoms with van der Waals surface area (Å²) in [5.41, 5.74) is -0.839. The molecule has 0 N–H and O–H groups in total. The Balaban J connectivity index is 2.81. The molecule has 0 amide bonds. The summed E-state index contributed by atoms with van der Waals surface area (Å²) in [4.78, 5) is 10.5. The molecule has 0 aliphatic heterocycles. The number of Topliss-reactive ketones (excluding diaryl/α,β-unsaturated/α-hetero) is 1. The number of alkyl halides is 3. The lowest BCUT2D eigenvalue weighted by Gasteiger charge is -2.00. The van der Waals surface area contributed by atoms with Crippen LogP contribution >= 0.6 is 0 Å². The van der Waals surface area contributed by atoms with E-state index in [1.54, 1.807) is 0 Å². The van der Waals surface area contributed by atoms with Crippen molar-refractivity contribution in [2.75, 3.05) is 0 Å². The Hall–Kier alpha value is -1.33. The van der Waals surface area contributed by atoms with Crippen molar-refractivity contribution < 1.29 is 18.0 Å². The van der Waals surface area contributed by atoms with Gasteiger partial charge in [-0.3, -0.25) is 9.48 Å². The molecule has 0 bridgehead atoms. The Bertz CT molecular complexity index is 316. The molecule has 0 aliphatic carbocycles. The van der Waals surface area contributed by atoms with E-state index in [1.807, 2.05) is 0 Å². The molecule has 13 heavy (non-hydrogen) atoms. The second-order valence-corrected chi connectivity index (χ2v) is 2.63. The first-order valence-corrected chi connectivity index (χ1v) is 3.48. The monoisotopic (exact) mass is 192 g/mol. The van der Waals surface area contributed by atoms with Crippen molar-refractivity contribution >= 4 is 5.78 Å².